The van der Waals surface area contributed by atoms with Crippen LogP contribution in [0.1, 0.15) is 19.8 Å². The van der Waals surface area contributed by atoms with Gasteiger partial charge in [0.2, 0.25) is 17.7 Å². The quantitative estimate of drug-likeness (QED) is 0.160. The van der Waals surface area contributed by atoms with Crippen molar-refractivity contribution in [3.63, 3.8) is 0 Å². The maximum Gasteiger partial charge on any atom is 0.326 e. The fraction of sp³-hybridized carbons (Fsp3) is 0.667. The van der Waals surface area contributed by atoms with Gasteiger partial charge in [-0.05, 0) is 25.4 Å². The monoisotopic (exact) mass is 438 g/mol. The van der Waals surface area contributed by atoms with Crippen molar-refractivity contribution in [3.8, 4) is 0 Å². The van der Waals surface area contributed by atoms with E-state index in [2.05, 4.69) is 28.6 Å². The van der Waals surface area contributed by atoms with Crippen LogP contribution in [0, 0.1) is 0 Å². The molecule has 0 rings (SSSR count). The van der Waals surface area contributed by atoms with E-state index in [1.54, 1.807) is 6.26 Å². The lowest BCUT2D eigenvalue weighted by Gasteiger charge is -2.22. The van der Waals surface area contributed by atoms with Crippen LogP contribution in [0.15, 0.2) is 0 Å². The van der Waals surface area contributed by atoms with Crippen LogP contribution >= 0.6 is 24.4 Å². The van der Waals surface area contributed by atoms with E-state index in [1.165, 1.54) is 18.7 Å². The highest BCUT2D eigenvalue weighted by Gasteiger charge is 2.28. The number of nitrogens with two attached hydrogens (primary N) is 1. The number of carbonyl (C=O) groups excluding carboxylic acids is 3. The van der Waals surface area contributed by atoms with E-state index in [-0.39, 0.29) is 12.2 Å². The van der Waals surface area contributed by atoms with Crippen molar-refractivity contribution in [1.29, 1.82) is 0 Å². The Labute approximate surface area is 172 Å². The summed E-state index contributed by atoms with van der Waals surface area (Å²) in [5, 5.41) is 24.7. The first-order valence-electron chi connectivity index (χ1n) is 8.24. The van der Waals surface area contributed by atoms with Gasteiger partial charge < -0.3 is 31.9 Å². The summed E-state index contributed by atoms with van der Waals surface area (Å²) in [6, 6.07) is -4.66. The number of carboxylic acids is 2. The fourth-order valence-corrected chi connectivity index (χ4v) is 2.65. The molecular weight excluding hydrogens is 412 g/mol. The minimum Gasteiger partial charge on any atom is -0.481 e. The maximum atomic E-state index is 12.2. The smallest absolute Gasteiger partial charge is 0.326 e. The third-order valence-corrected chi connectivity index (χ3v) is 4.53. The van der Waals surface area contributed by atoms with Crippen molar-refractivity contribution in [2.45, 2.75) is 43.9 Å². The van der Waals surface area contributed by atoms with Gasteiger partial charge in [-0.25, -0.2) is 4.79 Å². The molecule has 0 aliphatic rings. The topological polar surface area (TPSA) is 188 Å². The molecule has 0 radical (unpaired) electrons. The van der Waals surface area contributed by atoms with Gasteiger partial charge in [-0.3, -0.25) is 19.2 Å². The summed E-state index contributed by atoms with van der Waals surface area (Å²) in [6.45, 7) is 1.36. The Balaban J connectivity index is 4.77. The third-order valence-electron chi connectivity index (χ3n) is 3.52. The molecule has 11 nitrogen and oxygen atoms in total. The molecule has 3 amide bonds. The van der Waals surface area contributed by atoms with Crippen molar-refractivity contribution >= 4 is 54.1 Å². The van der Waals surface area contributed by atoms with Crippen molar-refractivity contribution < 1.29 is 34.2 Å². The molecule has 0 aromatic heterocycles. The van der Waals surface area contributed by atoms with Gasteiger partial charge in [0.15, 0.2) is 0 Å². The molecule has 0 spiro atoms. The standard InChI is InChI=1S/C15H26N4O7S2/c1-7(12(22)18-9(15(25)26)3-4-28-2)17-14(24)10(6-27)19-13(23)8(16)5-11(20)21/h7-10,27H,3-6,16H2,1-2H3,(H,17,24)(H,18,22)(H,19,23)(H,20,21)(H,25,26). The average molecular weight is 439 g/mol. The lowest BCUT2D eigenvalue weighted by molar-refractivity contribution is -0.142. The molecule has 28 heavy (non-hydrogen) atoms. The van der Waals surface area contributed by atoms with Crippen molar-refractivity contribution in [3.05, 3.63) is 0 Å². The van der Waals surface area contributed by atoms with Gasteiger partial charge in [-0.15, -0.1) is 0 Å². The number of rotatable bonds is 13. The molecule has 0 saturated heterocycles. The van der Waals surface area contributed by atoms with E-state index < -0.39 is 60.2 Å². The molecule has 0 fully saturated rings. The van der Waals surface area contributed by atoms with E-state index >= 15 is 0 Å². The molecule has 0 heterocycles. The normalized spacial score (nSPS) is 14.9. The summed E-state index contributed by atoms with van der Waals surface area (Å²) >= 11 is 5.38. The Bertz CT molecular complexity index is 591. The number of carbonyl (C=O) groups is 5. The van der Waals surface area contributed by atoms with Gasteiger partial charge in [0, 0.05) is 5.75 Å². The van der Waals surface area contributed by atoms with Gasteiger partial charge in [0.1, 0.15) is 18.1 Å². The summed E-state index contributed by atoms with van der Waals surface area (Å²) < 4.78 is 0. The second kappa shape index (κ2) is 13.2. The summed E-state index contributed by atoms with van der Waals surface area (Å²) in [4.78, 5) is 58.0. The van der Waals surface area contributed by atoms with Crippen LogP contribution in [-0.2, 0) is 24.0 Å². The van der Waals surface area contributed by atoms with Crippen molar-refractivity contribution in [1.82, 2.24) is 16.0 Å². The van der Waals surface area contributed by atoms with Gasteiger partial charge in [-0.2, -0.15) is 24.4 Å². The zero-order valence-electron chi connectivity index (χ0n) is 15.5. The Hall–Kier alpha value is -1.99. The van der Waals surface area contributed by atoms with Crippen molar-refractivity contribution in [2.24, 2.45) is 5.73 Å². The lowest BCUT2D eigenvalue weighted by atomic mass is 10.1. The van der Waals surface area contributed by atoms with Crippen LogP contribution in [0.25, 0.3) is 0 Å². The number of nitrogens with one attached hydrogen (secondary N) is 3. The summed E-state index contributed by atoms with van der Waals surface area (Å²) in [7, 11) is 0. The van der Waals surface area contributed by atoms with Crippen molar-refractivity contribution in [2.75, 3.05) is 17.8 Å². The molecule has 0 bridgehead atoms. The molecule has 0 saturated carbocycles. The highest BCUT2D eigenvalue weighted by Crippen LogP contribution is 2.02. The second-order valence-electron chi connectivity index (χ2n) is 5.86. The van der Waals surface area contributed by atoms with E-state index in [0.29, 0.717) is 5.75 Å². The number of aliphatic carboxylic acids is 2. The number of thiol groups is 1. The zero-order chi connectivity index (χ0) is 21.9. The lowest BCUT2D eigenvalue weighted by Crippen LogP contribution is -2.57. The van der Waals surface area contributed by atoms with E-state index in [0.717, 1.165) is 0 Å². The minimum absolute atomic E-state index is 0.128. The van der Waals surface area contributed by atoms with Gasteiger partial charge in [-0.1, -0.05) is 0 Å². The second-order valence-corrected chi connectivity index (χ2v) is 7.21. The Morgan fingerprint density at radius 1 is 1.00 bits per heavy atom. The van der Waals surface area contributed by atoms with Gasteiger partial charge in [0.05, 0.1) is 12.5 Å². The predicted molar refractivity (Wildman–Crippen MR) is 106 cm³/mol. The first kappa shape index (κ1) is 26.0. The van der Waals surface area contributed by atoms with Crippen LogP contribution in [-0.4, -0.2) is 81.8 Å². The Morgan fingerprint density at radius 2 is 1.57 bits per heavy atom. The number of hydrogen-bond donors (Lipinski definition) is 7. The van der Waals surface area contributed by atoms with E-state index in [4.69, 9.17) is 15.9 Å². The molecule has 4 atom stereocenters. The zero-order valence-corrected chi connectivity index (χ0v) is 17.2. The number of hydrogen-bond acceptors (Lipinski definition) is 8. The molecule has 0 aromatic rings. The highest BCUT2D eigenvalue weighted by molar-refractivity contribution is 7.98. The molecule has 7 N–H and O–H groups in total. The van der Waals surface area contributed by atoms with Crippen LogP contribution in [0.5, 0.6) is 0 Å². The van der Waals surface area contributed by atoms with Gasteiger partial charge >= 0.3 is 11.9 Å². The maximum absolute atomic E-state index is 12.2. The SMILES string of the molecule is CSCCC(NC(=O)C(C)NC(=O)C(CS)NC(=O)C(N)CC(=O)O)C(=O)O. The largest absolute Gasteiger partial charge is 0.481 e. The highest BCUT2D eigenvalue weighted by atomic mass is 32.2. The molecule has 0 aliphatic heterocycles. The van der Waals surface area contributed by atoms with Crippen LogP contribution in [0.2, 0.25) is 0 Å². The van der Waals surface area contributed by atoms with Crippen LogP contribution in [0.4, 0.5) is 0 Å². The molecular formula is C15H26N4O7S2. The first-order chi connectivity index (χ1) is 13.0. The summed E-state index contributed by atoms with van der Waals surface area (Å²) in [6.07, 6.45) is 1.41. The van der Waals surface area contributed by atoms with E-state index in [1.807, 2.05) is 0 Å². The minimum atomic E-state index is -1.35. The molecule has 4 unspecified atom stereocenters. The average Bonchev–Trinajstić information content (AvgIpc) is 2.61. The van der Waals surface area contributed by atoms with Gasteiger partial charge in [0.25, 0.3) is 0 Å². The number of thioether (sulfide) groups is 1. The van der Waals surface area contributed by atoms with Crippen LogP contribution < -0.4 is 21.7 Å². The summed E-state index contributed by atoms with van der Waals surface area (Å²) in [5.41, 5.74) is 5.42. The molecule has 13 heteroatoms. The molecule has 0 aliphatic carbocycles. The van der Waals surface area contributed by atoms with Crippen LogP contribution in [0.3, 0.4) is 0 Å². The van der Waals surface area contributed by atoms with E-state index in [9.17, 15) is 24.0 Å². The first-order valence-corrected chi connectivity index (χ1v) is 10.3. The Kier molecular flexibility index (Phi) is 12.3. The Morgan fingerprint density at radius 3 is 2.04 bits per heavy atom. The third kappa shape index (κ3) is 9.80. The predicted octanol–water partition coefficient (Wildman–Crippen LogP) is -1.97. The number of carboxylic acid groups (broad SMARTS) is 2. The summed E-state index contributed by atoms with van der Waals surface area (Å²) in [5.74, 6) is -4.35. The molecule has 160 valence electrons. The number of amides is 3. The molecule has 0 aromatic carbocycles. The fourth-order valence-electron chi connectivity index (χ4n) is 1.92.